The van der Waals surface area contributed by atoms with Crippen LogP contribution in [0.1, 0.15) is 21.6 Å². The van der Waals surface area contributed by atoms with Gasteiger partial charge in [0.2, 0.25) is 0 Å². The van der Waals surface area contributed by atoms with Crippen molar-refractivity contribution in [2.45, 2.75) is 20.4 Å². The van der Waals surface area contributed by atoms with Crippen molar-refractivity contribution in [3.8, 4) is 11.3 Å². The van der Waals surface area contributed by atoms with Crippen LogP contribution in [0.2, 0.25) is 0 Å². The van der Waals surface area contributed by atoms with Gasteiger partial charge in [-0.2, -0.15) is 0 Å². The van der Waals surface area contributed by atoms with Crippen LogP contribution in [0.25, 0.3) is 11.3 Å². The Hall–Kier alpha value is -2.07. The third-order valence-corrected chi connectivity index (χ3v) is 3.52. The molecule has 0 amide bonds. The zero-order chi connectivity index (χ0) is 14.7. The molecule has 106 valence electrons. The van der Waals surface area contributed by atoms with Gasteiger partial charge in [-0.05, 0) is 48.7 Å². The van der Waals surface area contributed by atoms with E-state index in [-0.39, 0.29) is 5.69 Å². The van der Waals surface area contributed by atoms with Gasteiger partial charge in [-0.1, -0.05) is 12.1 Å². The minimum absolute atomic E-state index is 0.287. The van der Waals surface area contributed by atoms with E-state index >= 15 is 0 Å². The molecule has 0 radical (unpaired) electrons. The van der Waals surface area contributed by atoms with E-state index in [2.05, 4.69) is 26.0 Å². The highest BCUT2D eigenvalue weighted by molar-refractivity contribution is 5.87. The van der Waals surface area contributed by atoms with Gasteiger partial charge >= 0.3 is 5.97 Å². The quantitative estimate of drug-likeness (QED) is 0.910. The molecule has 1 aromatic carbocycles. The number of aromatic carboxylic acids is 1. The van der Waals surface area contributed by atoms with E-state index < -0.39 is 5.97 Å². The number of nitrogens with zero attached hydrogens (tertiary/aromatic N) is 1. The second-order valence-electron chi connectivity index (χ2n) is 4.85. The van der Waals surface area contributed by atoms with E-state index in [4.69, 9.17) is 4.74 Å². The third kappa shape index (κ3) is 2.75. The lowest BCUT2D eigenvalue weighted by Gasteiger charge is -2.12. The molecule has 0 fully saturated rings. The number of benzene rings is 1. The summed E-state index contributed by atoms with van der Waals surface area (Å²) in [5.74, 6) is -0.920. The maximum atomic E-state index is 11.3. The highest BCUT2D eigenvalue weighted by Gasteiger charge is 2.15. The summed E-state index contributed by atoms with van der Waals surface area (Å²) < 4.78 is 6.86. The Kier molecular flexibility index (Phi) is 4.25. The van der Waals surface area contributed by atoms with E-state index in [1.54, 1.807) is 17.7 Å². The van der Waals surface area contributed by atoms with Crippen LogP contribution in [-0.2, 0) is 11.3 Å². The van der Waals surface area contributed by atoms with Crippen LogP contribution in [0.15, 0.2) is 30.3 Å². The predicted octanol–water partition coefficient (Wildman–Crippen LogP) is 3.12. The molecule has 0 aliphatic carbocycles. The summed E-state index contributed by atoms with van der Waals surface area (Å²) in [7, 11) is 1.61. The molecule has 0 bridgehead atoms. The number of aryl methyl sites for hydroxylation is 2. The van der Waals surface area contributed by atoms with Crippen LogP contribution in [0.5, 0.6) is 0 Å². The lowest BCUT2D eigenvalue weighted by Crippen LogP contribution is -2.12. The number of hydrogen-bond donors (Lipinski definition) is 1. The van der Waals surface area contributed by atoms with Crippen LogP contribution in [0.3, 0.4) is 0 Å². The number of rotatable bonds is 5. The highest BCUT2D eigenvalue weighted by atomic mass is 16.5. The van der Waals surface area contributed by atoms with Crippen molar-refractivity contribution in [2.24, 2.45) is 0 Å². The first-order valence-electron chi connectivity index (χ1n) is 6.54. The van der Waals surface area contributed by atoms with Gasteiger partial charge in [-0.3, -0.25) is 0 Å². The Labute approximate surface area is 118 Å². The summed E-state index contributed by atoms with van der Waals surface area (Å²) in [6.45, 7) is 5.12. The molecule has 1 aromatic heterocycles. The lowest BCUT2D eigenvalue weighted by atomic mass is 10.0. The zero-order valence-corrected chi connectivity index (χ0v) is 12.0. The fourth-order valence-electron chi connectivity index (χ4n) is 2.23. The summed E-state index contributed by atoms with van der Waals surface area (Å²) in [6, 6.07) is 9.65. The van der Waals surface area contributed by atoms with Crippen molar-refractivity contribution in [3.05, 3.63) is 47.2 Å². The predicted molar refractivity (Wildman–Crippen MR) is 78.2 cm³/mol. The smallest absolute Gasteiger partial charge is 0.352 e. The van der Waals surface area contributed by atoms with Crippen molar-refractivity contribution in [1.29, 1.82) is 0 Å². The topological polar surface area (TPSA) is 51.5 Å². The van der Waals surface area contributed by atoms with Crippen LogP contribution >= 0.6 is 0 Å². The number of aromatic nitrogens is 1. The molecule has 0 unspecified atom stereocenters. The Morgan fingerprint density at radius 3 is 2.55 bits per heavy atom. The largest absolute Gasteiger partial charge is 0.477 e. The molecule has 0 saturated heterocycles. The average Bonchev–Trinajstić information content (AvgIpc) is 2.83. The van der Waals surface area contributed by atoms with Crippen molar-refractivity contribution in [2.75, 3.05) is 13.7 Å². The molecular formula is C16H19NO3. The van der Waals surface area contributed by atoms with E-state index in [9.17, 15) is 9.90 Å². The van der Waals surface area contributed by atoms with Gasteiger partial charge < -0.3 is 14.4 Å². The van der Waals surface area contributed by atoms with Crippen LogP contribution in [0, 0.1) is 13.8 Å². The Morgan fingerprint density at radius 2 is 1.95 bits per heavy atom. The second kappa shape index (κ2) is 5.92. The third-order valence-electron chi connectivity index (χ3n) is 3.52. The molecule has 0 saturated carbocycles. The standard InChI is InChI=1S/C16H19NO3/c1-11-4-5-13(10-12(11)2)14-6-7-15(16(18)19)17(14)8-9-20-3/h4-7,10H,8-9H2,1-3H3,(H,18,19). The lowest BCUT2D eigenvalue weighted by molar-refractivity contribution is 0.0683. The molecule has 4 heteroatoms. The Bertz CT molecular complexity index is 629. The Morgan fingerprint density at radius 1 is 1.20 bits per heavy atom. The summed E-state index contributed by atoms with van der Waals surface area (Å²) in [5, 5.41) is 9.26. The highest BCUT2D eigenvalue weighted by Crippen LogP contribution is 2.25. The minimum Gasteiger partial charge on any atom is -0.477 e. The molecule has 0 spiro atoms. The molecular weight excluding hydrogens is 254 g/mol. The first-order valence-corrected chi connectivity index (χ1v) is 6.54. The van der Waals surface area contributed by atoms with E-state index in [0.29, 0.717) is 13.2 Å². The molecule has 20 heavy (non-hydrogen) atoms. The molecule has 4 nitrogen and oxygen atoms in total. The van der Waals surface area contributed by atoms with E-state index in [0.717, 1.165) is 11.3 Å². The van der Waals surface area contributed by atoms with Gasteiger partial charge in [0.1, 0.15) is 5.69 Å². The summed E-state index contributed by atoms with van der Waals surface area (Å²) in [4.78, 5) is 11.3. The van der Waals surface area contributed by atoms with Crippen LogP contribution in [0.4, 0.5) is 0 Å². The monoisotopic (exact) mass is 273 g/mol. The maximum absolute atomic E-state index is 11.3. The number of carbonyl (C=O) groups is 1. The first-order chi connectivity index (χ1) is 9.54. The molecule has 0 aliphatic heterocycles. The number of carboxylic acid groups (broad SMARTS) is 1. The van der Waals surface area contributed by atoms with Gasteiger partial charge in [0.05, 0.1) is 6.61 Å². The van der Waals surface area contributed by atoms with Crippen LogP contribution in [-0.4, -0.2) is 29.4 Å². The first kappa shape index (κ1) is 14.3. The number of ether oxygens (including phenoxy) is 1. The zero-order valence-electron chi connectivity index (χ0n) is 12.0. The number of methoxy groups -OCH3 is 1. The molecule has 2 aromatic rings. The van der Waals surface area contributed by atoms with Gasteiger partial charge in [0, 0.05) is 19.3 Å². The van der Waals surface area contributed by atoms with E-state index in [1.165, 1.54) is 11.1 Å². The van der Waals surface area contributed by atoms with E-state index in [1.807, 2.05) is 12.1 Å². The van der Waals surface area contributed by atoms with Crippen LogP contribution < -0.4 is 0 Å². The average molecular weight is 273 g/mol. The maximum Gasteiger partial charge on any atom is 0.352 e. The van der Waals surface area contributed by atoms with Gasteiger partial charge in [-0.15, -0.1) is 0 Å². The van der Waals surface area contributed by atoms with Gasteiger partial charge in [0.15, 0.2) is 0 Å². The summed E-state index contributed by atoms with van der Waals surface area (Å²) >= 11 is 0. The van der Waals surface area contributed by atoms with Crippen molar-refractivity contribution in [1.82, 2.24) is 4.57 Å². The normalized spacial score (nSPS) is 10.8. The fraction of sp³-hybridized carbons (Fsp3) is 0.312. The van der Waals surface area contributed by atoms with Crippen molar-refractivity contribution < 1.29 is 14.6 Å². The Balaban J connectivity index is 2.49. The van der Waals surface area contributed by atoms with Gasteiger partial charge in [-0.25, -0.2) is 4.79 Å². The number of carboxylic acids is 1. The molecule has 1 heterocycles. The molecule has 0 atom stereocenters. The summed E-state index contributed by atoms with van der Waals surface area (Å²) in [6.07, 6.45) is 0. The molecule has 1 N–H and O–H groups in total. The molecule has 0 aliphatic rings. The minimum atomic E-state index is -0.920. The number of hydrogen-bond acceptors (Lipinski definition) is 2. The van der Waals surface area contributed by atoms with Crippen molar-refractivity contribution >= 4 is 5.97 Å². The second-order valence-corrected chi connectivity index (χ2v) is 4.85. The van der Waals surface area contributed by atoms with Gasteiger partial charge in [0.25, 0.3) is 0 Å². The van der Waals surface area contributed by atoms with Crippen molar-refractivity contribution in [3.63, 3.8) is 0 Å². The summed E-state index contributed by atoms with van der Waals surface area (Å²) in [5.41, 5.74) is 4.63. The fourth-order valence-corrected chi connectivity index (χ4v) is 2.23. The molecule has 2 rings (SSSR count). The SMILES string of the molecule is COCCn1c(C(=O)O)ccc1-c1ccc(C)c(C)c1.